The molecular weight excluding hydrogens is 448 g/mol. The number of carboxylic acid groups (broad SMARTS) is 1. The molecule has 0 aliphatic carbocycles. The summed E-state index contributed by atoms with van der Waals surface area (Å²) in [6, 6.07) is 29.9. The Labute approximate surface area is 205 Å². The molecule has 6 heteroatoms. The molecule has 0 bridgehead atoms. The molecule has 0 fully saturated rings. The number of fused-ring (bicyclic) bond motifs is 2. The van der Waals surface area contributed by atoms with Crippen LogP contribution in [0.4, 0.5) is 11.4 Å². The highest BCUT2D eigenvalue weighted by Crippen LogP contribution is 2.38. The van der Waals surface area contributed by atoms with Gasteiger partial charge in [0.05, 0.1) is 17.8 Å². The van der Waals surface area contributed by atoms with Gasteiger partial charge in [0.2, 0.25) is 0 Å². The molecule has 5 rings (SSSR count). The Morgan fingerprint density at radius 2 is 1.76 bits per heavy atom. The number of para-hydroxylation sites is 2. The number of nitrogens with zero attached hydrogens (tertiary/aromatic N) is 1. The van der Waals surface area contributed by atoms with Gasteiger partial charge in [0, 0.05) is 18.3 Å². The highest BCUT2D eigenvalue weighted by molar-refractivity contribution is 5.89. The van der Waals surface area contributed by atoms with Crippen LogP contribution in [0, 0.1) is 0 Å². The maximum absolute atomic E-state index is 11.5. The van der Waals surface area contributed by atoms with Crippen molar-refractivity contribution >= 4 is 40.5 Å². The zero-order valence-electron chi connectivity index (χ0n) is 18.8. The van der Waals surface area contributed by atoms with Crippen molar-refractivity contribution in [3.63, 3.8) is 0 Å². The van der Waals surface area contributed by atoms with E-state index < -0.39 is 5.97 Å². The number of ether oxygens (including phenoxy) is 1. The Balaban J connectivity index is 0.00000274. The van der Waals surface area contributed by atoms with Gasteiger partial charge in [0.1, 0.15) is 11.9 Å². The molecule has 2 N–H and O–H groups in total. The molecule has 5 nitrogen and oxygen atoms in total. The number of carbonyl (C=O) groups is 1. The van der Waals surface area contributed by atoms with E-state index in [9.17, 15) is 9.90 Å². The maximum atomic E-state index is 11.5. The van der Waals surface area contributed by atoms with Crippen molar-refractivity contribution in [2.75, 3.05) is 18.0 Å². The minimum absolute atomic E-state index is 0. The summed E-state index contributed by atoms with van der Waals surface area (Å²) >= 11 is 0. The van der Waals surface area contributed by atoms with Crippen LogP contribution in [0.1, 0.15) is 28.9 Å². The summed E-state index contributed by atoms with van der Waals surface area (Å²) in [6.45, 7) is 3.45. The Hall–Kier alpha value is -3.54. The van der Waals surface area contributed by atoms with Gasteiger partial charge in [-0.2, -0.15) is 0 Å². The van der Waals surface area contributed by atoms with E-state index in [1.807, 2.05) is 30.3 Å². The second-order valence-electron chi connectivity index (χ2n) is 8.37. The van der Waals surface area contributed by atoms with E-state index in [2.05, 4.69) is 59.6 Å². The first-order chi connectivity index (χ1) is 16.1. The average molecular weight is 475 g/mol. The van der Waals surface area contributed by atoms with Crippen molar-refractivity contribution in [3.05, 3.63) is 102 Å². The van der Waals surface area contributed by atoms with E-state index in [1.54, 1.807) is 18.2 Å². The fourth-order valence-corrected chi connectivity index (χ4v) is 4.50. The molecule has 2 atom stereocenters. The van der Waals surface area contributed by atoms with Crippen LogP contribution in [0.5, 0.6) is 5.75 Å². The van der Waals surface area contributed by atoms with Crippen molar-refractivity contribution in [1.82, 2.24) is 5.32 Å². The molecule has 0 saturated heterocycles. The molecule has 34 heavy (non-hydrogen) atoms. The number of rotatable bonds is 6. The number of hydrogen-bond donors (Lipinski definition) is 2. The average Bonchev–Trinajstić information content (AvgIpc) is 2.86. The number of aromatic carboxylic acids is 1. The maximum Gasteiger partial charge on any atom is 0.335 e. The van der Waals surface area contributed by atoms with Crippen LogP contribution in [0.2, 0.25) is 0 Å². The molecule has 4 aromatic rings. The second kappa shape index (κ2) is 10.2. The Bertz CT molecular complexity index is 1300. The quantitative estimate of drug-likeness (QED) is 0.348. The molecule has 1 unspecified atom stereocenters. The molecular formula is C28H27ClN2O3. The van der Waals surface area contributed by atoms with Crippen LogP contribution >= 0.6 is 12.4 Å². The van der Waals surface area contributed by atoms with Gasteiger partial charge in [-0.05, 0) is 53.6 Å². The summed E-state index contributed by atoms with van der Waals surface area (Å²) in [5.41, 5.74) is 3.32. The van der Waals surface area contributed by atoms with Gasteiger partial charge in [-0.3, -0.25) is 0 Å². The minimum Gasteiger partial charge on any atom is -0.485 e. The van der Waals surface area contributed by atoms with E-state index >= 15 is 0 Å². The predicted molar refractivity (Wildman–Crippen MR) is 139 cm³/mol. The summed E-state index contributed by atoms with van der Waals surface area (Å²) < 4.78 is 6.31. The van der Waals surface area contributed by atoms with Crippen molar-refractivity contribution in [3.8, 4) is 5.75 Å². The van der Waals surface area contributed by atoms with Crippen molar-refractivity contribution in [1.29, 1.82) is 0 Å². The molecule has 1 aliphatic rings. The number of anilines is 2. The third-order valence-corrected chi connectivity index (χ3v) is 6.18. The summed E-state index contributed by atoms with van der Waals surface area (Å²) in [4.78, 5) is 13.6. The van der Waals surface area contributed by atoms with Gasteiger partial charge in [0.25, 0.3) is 0 Å². The normalized spacial score (nSPS) is 15.7. The Morgan fingerprint density at radius 3 is 2.62 bits per heavy atom. The summed E-state index contributed by atoms with van der Waals surface area (Å²) in [5.74, 6) is -0.130. The molecule has 0 aromatic heterocycles. The fraction of sp³-hybridized carbons (Fsp3) is 0.179. The lowest BCUT2D eigenvalue weighted by molar-refractivity contribution is 0.0697. The molecule has 0 saturated carbocycles. The van der Waals surface area contributed by atoms with Crippen LogP contribution in [0.25, 0.3) is 10.8 Å². The van der Waals surface area contributed by atoms with E-state index in [0.29, 0.717) is 13.1 Å². The number of nitrogens with one attached hydrogen (secondary N) is 1. The van der Waals surface area contributed by atoms with Gasteiger partial charge in [-0.1, -0.05) is 60.7 Å². The van der Waals surface area contributed by atoms with Gasteiger partial charge in [0.15, 0.2) is 0 Å². The van der Waals surface area contributed by atoms with Gasteiger partial charge >= 0.3 is 5.97 Å². The molecule has 174 valence electrons. The number of benzene rings is 4. The van der Waals surface area contributed by atoms with Crippen LogP contribution in [-0.2, 0) is 0 Å². The minimum atomic E-state index is -0.930. The molecule has 0 spiro atoms. The van der Waals surface area contributed by atoms with Gasteiger partial charge in [-0.15, -0.1) is 12.4 Å². The van der Waals surface area contributed by atoms with Crippen molar-refractivity contribution < 1.29 is 14.6 Å². The lowest BCUT2D eigenvalue weighted by atomic mass is 9.99. The smallest absolute Gasteiger partial charge is 0.335 e. The standard InChI is InChI=1S/C28H26N2O3.ClH/c1-19(24-13-7-9-20-8-2-3-12-25(20)24)29-17-23-18-30(26-14-4-5-15-27(26)33-23)22-11-6-10-21(16-22)28(31)32;/h2-16,19,23,29H,17-18H2,1H3,(H,31,32);1H/t19-,23?;/m1./s1. The number of hydrogen-bond acceptors (Lipinski definition) is 4. The van der Waals surface area contributed by atoms with E-state index in [4.69, 9.17) is 4.74 Å². The Morgan fingerprint density at radius 1 is 1.03 bits per heavy atom. The Kier molecular flexibility index (Phi) is 7.06. The highest BCUT2D eigenvalue weighted by Gasteiger charge is 2.27. The third-order valence-electron chi connectivity index (χ3n) is 6.18. The molecule has 0 radical (unpaired) electrons. The summed E-state index contributed by atoms with van der Waals surface area (Å²) in [7, 11) is 0. The van der Waals surface area contributed by atoms with Crippen LogP contribution in [0.15, 0.2) is 91.0 Å². The SMILES string of the molecule is C[C@@H](NCC1CN(c2cccc(C(=O)O)c2)c2ccccc2O1)c1cccc2ccccc12.Cl. The molecule has 4 aromatic carbocycles. The van der Waals surface area contributed by atoms with E-state index in [-0.39, 0.29) is 30.1 Å². The van der Waals surface area contributed by atoms with Crippen LogP contribution in [-0.4, -0.2) is 30.3 Å². The zero-order valence-corrected chi connectivity index (χ0v) is 19.7. The van der Waals surface area contributed by atoms with Crippen LogP contribution < -0.4 is 15.0 Å². The zero-order chi connectivity index (χ0) is 22.8. The topological polar surface area (TPSA) is 61.8 Å². The van der Waals surface area contributed by atoms with Crippen LogP contribution in [0.3, 0.4) is 0 Å². The van der Waals surface area contributed by atoms with Crippen molar-refractivity contribution in [2.45, 2.75) is 19.1 Å². The van der Waals surface area contributed by atoms with E-state index in [1.165, 1.54) is 16.3 Å². The van der Waals surface area contributed by atoms with E-state index in [0.717, 1.165) is 17.1 Å². The molecule has 0 amide bonds. The first kappa shape index (κ1) is 23.6. The first-order valence-electron chi connectivity index (χ1n) is 11.2. The van der Waals surface area contributed by atoms with Gasteiger partial charge in [-0.25, -0.2) is 4.79 Å². The lowest BCUT2D eigenvalue weighted by Gasteiger charge is -2.37. The summed E-state index contributed by atoms with van der Waals surface area (Å²) in [5, 5.41) is 15.6. The monoisotopic (exact) mass is 474 g/mol. The third kappa shape index (κ3) is 4.72. The first-order valence-corrected chi connectivity index (χ1v) is 11.2. The number of carboxylic acids is 1. The van der Waals surface area contributed by atoms with Crippen molar-refractivity contribution in [2.24, 2.45) is 0 Å². The highest BCUT2D eigenvalue weighted by atomic mass is 35.5. The van der Waals surface area contributed by atoms with Gasteiger partial charge < -0.3 is 20.1 Å². The summed E-state index contributed by atoms with van der Waals surface area (Å²) in [6.07, 6.45) is -0.0918. The lowest BCUT2D eigenvalue weighted by Crippen LogP contribution is -2.44. The molecule has 1 heterocycles. The molecule has 1 aliphatic heterocycles. The second-order valence-corrected chi connectivity index (χ2v) is 8.37. The number of halogens is 1. The fourth-order valence-electron chi connectivity index (χ4n) is 4.50. The predicted octanol–water partition coefficient (Wildman–Crippen LogP) is 6.21. The largest absolute Gasteiger partial charge is 0.485 e.